The van der Waals surface area contributed by atoms with E-state index in [2.05, 4.69) is 11.6 Å². The quantitative estimate of drug-likeness (QED) is 0.695. The summed E-state index contributed by atoms with van der Waals surface area (Å²) in [5, 5.41) is 0. The molecule has 0 bridgehead atoms. The molecule has 32 valence electrons. The van der Waals surface area contributed by atoms with Crippen LogP contribution in [0.25, 0.3) is 0 Å². The Labute approximate surface area is 45.1 Å². The molecule has 2 heteroatoms. The third kappa shape index (κ3) is 11.6. The first-order valence-electron chi connectivity index (χ1n) is 1.56. The molecule has 0 amide bonds. The Balaban J connectivity index is 0. The maximum absolute atomic E-state index is 2.38. The summed E-state index contributed by atoms with van der Waals surface area (Å²) in [6, 6.07) is 0. The molecule has 0 unspecified atom stereocenters. The van der Waals surface area contributed by atoms with Crippen molar-refractivity contribution in [1.29, 1.82) is 0 Å². The second-order valence-corrected chi connectivity index (χ2v) is 5.79. The van der Waals surface area contributed by atoms with Crippen LogP contribution < -0.4 is 6.15 Å². The summed E-state index contributed by atoms with van der Waals surface area (Å²) in [7, 11) is 0. The smallest absolute Gasteiger partial charge is 0.344 e. The van der Waals surface area contributed by atoms with Gasteiger partial charge < -0.3 is 6.15 Å². The number of hydrogen-bond donors (Lipinski definition) is 1. The first-order chi connectivity index (χ1) is 1.91. The molecule has 0 radical (unpaired) electrons. The molecule has 0 fully saturated rings. The summed E-state index contributed by atoms with van der Waals surface area (Å²) in [4.78, 5) is 0. The van der Waals surface area contributed by atoms with Crippen LogP contribution >= 0.6 is 0 Å². The van der Waals surface area contributed by atoms with Gasteiger partial charge in [0.25, 0.3) is 0 Å². The Morgan fingerprint density at radius 2 is 1.80 bits per heavy atom. The van der Waals surface area contributed by atoms with Gasteiger partial charge in [0.1, 0.15) is 0 Å². The van der Waals surface area contributed by atoms with Crippen molar-refractivity contribution in [2.24, 2.45) is 0 Å². The maximum atomic E-state index is 2.38. The van der Waals surface area contributed by atoms with Crippen molar-refractivity contribution in [3.63, 3.8) is 0 Å². The van der Waals surface area contributed by atoms with E-state index in [1.165, 1.54) is 4.18 Å². The molecule has 0 aromatic carbocycles. The molecule has 1 nitrogen and oxygen atoms in total. The fraction of sp³-hybridized carbons (Fsp3) is 1.00. The summed E-state index contributed by atoms with van der Waals surface area (Å²) in [6.45, 7) is 2.27. The molecule has 0 spiro atoms. The van der Waals surface area contributed by atoms with Crippen molar-refractivity contribution in [1.82, 2.24) is 6.15 Å². The summed E-state index contributed by atoms with van der Waals surface area (Å²) in [5.41, 5.74) is 0. The van der Waals surface area contributed by atoms with E-state index in [0.29, 0.717) is 0 Å². The standard InChI is InChI=1S/C2H5.CH3.Hf.H3N/c1-2;;;/h1H2,2H3;1H3;;1H3. The molecule has 0 aliphatic carbocycles. The van der Waals surface area contributed by atoms with Crippen molar-refractivity contribution in [2.45, 2.75) is 15.8 Å². The molecule has 0 aromatic rings. The van der Waals surface area contributed by atoms with Crippen LogP contribution in [0.3, 0.4) is 0 Å². The van der Waals surface area contributed by atoms with Crippen molar-refractivity contribution in [3.05, 3.63) is 0 Å². The molecule has 3 N–H and O–H groups in total. The van der Waals surface area contributed by atoms with Gasteiger partial charge in [0.2, 0.25) is 0 Å². The van der Waals surface area contributed by atoms with E-state index < -0.39 is 0 Å². The zero-order valence-corrected chi connectivity index (χ0v) is 7.51. The molecular formula is C3H11HfN. The third-order valence-corrected chi connectivity index (χ3v) is 2.89. The maximum Gasteiger partial charge on any atom is -0.344 e. The van der Waals surface area contributed by atoms with E-state index in [1.807, 2.05) is 0 Å². The normalized spacial score (nSPS) is 5.20. The van der Waals surface area contributed by atoms with E-state index in [-0.39, 0.29) is 29.1 Å². The number of hydrogen-bond acceptors (Lipinski definition) is 1. The van der Waals surface area contributed by atoms with E-state index in [0.717, 1.165) is 0 Å². The molecule has 5 heavy (non-hydrogen) atoms. The Hall–Kier alpha value is 0.830. The molecule has 0 atom stereocenters. The molecule has 0 aliphatic rings. The Kier molecular flexibility index (Phi) is 16.4. The van der Waals surface area contributed by atoms with Crippen LogP contribution in [0.1, 0.15) is 6.92 Å². The molecule has 0 aliphatic heterocycles. The summed E-state index contributed by atoms with van der Waals surface area (Å²) < 4.78 is 3.89. The fourth-order valence-corrected chi connectivity index (χ4v) is 0. The van der Waals surface area contributed by atoms with E-state index in [9.17, 15) is 0 Å². The molecule has 0 saturated heterocycles. The molecule has 0 aromatic heterocycles. The molecule has 0 heterocycles. The van der Waals surface area contributed by atoms with Crippen LogP contribution in [0.2, 0.25) is 8.86 Å². The Morgan fingerprint density at radius 3 is 1.80 bits per heavy atom. The Bertz CT molecular complexity index is 8.85. The van der Waals surface area contributed by atoms with Gasteiger partial charge in [0.05, 0.1) is 0 Å². The number of rotatable bonds is 1. The summed E-state index contributed by atoms with van der Waals surface area (Å²) >= 11 is 0.0664. The van der Waals surface area contributed by atoms with Crippen LogP contribution in [0.4, 0.5) is 0 Å². The zero-order chi connectivity index (χ0) is 3.41. The zero-order valence-electron chi connectivity index (χ0n) is 3.91. The van der Waals surface area contributed by atoms with Crippen LogP contribution in [0, 0.1) is 0 Å². The van der Waals surface area contributed by atoms with E-state index in [1.54, 1.807) is 0 Å². The van der Waals surface area contributed by atoms with Gasteiger partial charge in [-0.3, -0.25) is 0 Å². The largest absolute Gasteiger partial charge is 0.344 e. The molecule has 0 saturated carbocycles. The van der Waals surface area contributed by atoms with E-state index in [4.69, 9.17) is 0 Å². The monoisotopic (exact) mass is 241 g/mol. The molecular weight excluding hydrogens is 229 g/mol. The van der Waals surface area contributed by atoms with Crippen LogP contribution in [-0.4, -0.2) is 0 Å². The third-order valence-electron chi connectivity index (χ3n) is 0.354. The van der Waals surface area contributed by atoms with Crippen molar-refractivity contribution in [2.75, 3.05) is 0 Å². The van der Waals surface area contributed by atoms with Gasteiger partial charge in [-0.25, -0.2) is 0 Å². The minimum atomic E-state index is 0. The second kappa shape index (κ2) is 8.85. The van der Waals surface area contributed by atoms with Gasteiger partial charge in [-0.1, -0.05) is 0 Å². The predicted octanol–water partition coefficient (Wildman–Crippen LogP) is 1.72. The van der Waals surface area contributed by atoms with Gasteiger partial charge in [-0.05, 0) is 0 Å². The first-order valence-corrected chi connectivity index (χ1v) is 7.69. The average Bonchev–Trinajstić information content (AvgIpc) is 1.37. The van der Waals surface area contributed by atoms with E-state index >= 15 is 0 Å². The van der Waals surface area contributed by atoms with Gasteiger partial charge in [0.15, 0.2) is 0 Å². The van der Waals surface area contributed by atoms with Gasteiger partial charge >= 0.3 is 38.7 Å². The van der Waals surface area contributed by atoms with Crippen molar-refractivity contribution < 1.29 is 22.9 Å². The topological polar surface area (TPSA) is 35.0 Å². The summed E-state index contributed by atoms with van der Waals surface area (Å²) in [5.74, 6) is 0. The second-order valence-electron chi connectivity index (χ2n) is 0.707. The van der Waals surface area contributed by atoms with Crippen molar-refractivity contribution in [3.8, 4) is 0 Å². The fourth-order valence-electron chi connectivity index (χ4n) is 0. The summed E-state index contributed by atoms with van der Waals surface area (Å²) in [6.07, 6.45) is 0. The molecule has 0 rings (SSSR count). The van der Waals surface area contributed by atoms with Gasteiger partial charge in [-0.2, -0.15) is 0 Å². The predicted molar refractivity (Wildman–Crippen MR) is 21.4 cm³/mol. The van der Waals surface area contributed by atoms with Crippen LogP contribution in [0.15, 0.2) is 0 Å². The van der Waals surface area contributed by atoms with Crippen LogP contribution in [-0.2, 0) is 22.9 Å². The van der Waals surface area contributed by atoms with Gasteiger partial charge in [-0.15, -0.1) is 0 Å². The average molecular weight is 240 g/mol. The first kappa shape index (κ1) is 9.27. The minimum Gasteiger partial charge on any atom is -0.344 e. The SMILES string of the molecule is C[CH2][Hf][CH3].N. The van der Waals surface area contributed by atoms with Crippen LogP contribution in [0.5, 0.6) is 0 Å². The Morgan fingerprint density at radius 1 is 1.60 bits per heavy atom. The van der Waals surface area contributed by atoms with Gasteiger partial charge in [0, 0.05) is 0 Å². The minimum absolute atomic E-state index is 0. The van der Waals surface area contributed by atoms with Crippen molar-refractivity contribution >= 4 is 0 Å².